The van der Waals surface area contributed by atoms with Gasteiger partial charge in [0.2, 0.25) is 5.95 Å². The number of amides is 1. The molecule has 1 aromatic heterocycles. The number of anilines is 3. The zero-order chi connectivity index (χ0) is 21.6. The van der Waals surface area contributed by atoms with Crippen LogP contribution < -0.4 is 20.6 Å². The fraction of sp³-hybridized carbons (Fsp3) is 0.150. The molecule has 0 unspecified atom stereocenters. The van der Waals surface area contributed by atoms with Gasteiger partial charge in [0, 0.05) is 18.4 Å². The Hall–Kier alpha value is -3.66. The summed E-state index contributed by atoms with van der Waals surface area (Å²) >= 11 is 0. The second-order valence-corrected chi connectivity index (χ2v) is 7.99. The molecule has 0 radical (unpaired) electrons. The van der Waals surface area contributed by atoms with Crippen LogP contribution in [0.4, 0.5) is 17.5 Å². The first-order valence-corrected chi connectivity index (χ1v) is 10.8. The Labute approximate surface area is 174 Å². The molecule has 2 aromatic carbocycles. The van der Waals surface area contributed by atoms with Gasteiger partial charge in [-0.2, -0.15) is 13.4 Å². The monoisotopic (exact) mass is 427 g/mol. The van der Waals surface area contributed by atoms with E-state index in [1.807, 2.05) is 30.3 Å². The standard InChI is InChI=1S/C20H21N5O4S/c1-30(27,28)29-16-9-7-15(8-10-16)24-20-23-13-17(18(21)26)19(25-20)22-12-11-14-5-3-2-4-6-14/h2-10,13H,11-12H2,1H3,(H2,21,26)(H2,22,23,24,25). The van der Waals surface area contributed by atoms with Crippen LogP contribution in [0.5, 0.6) is 5.75 Å². The Kier molecular flexibility index (Phi) is 6.48. The summed E-state index contributed by atoms with van der Waals surface area (Å²) in [4.78, 5) is 20.1. The van der Waals surface area contributed by atoms with Crippen molar-refractivity contribution < 1.29 is 17.4 Å². The van der Waals surface area contributed by atoms with Crippen LogP contribution in [0.1, 0.15) is 15.9 Å². The Bertz CT molecular complexity index is 1120. The largest absolute Gasteiger partial charge is 0.383 e. The molecule has 30 heavy (non-hydrogen) atoms. The molecule has 0 saturated heterocycles. The summed E-state index contributed by atoms with van der Waals surface area (Å²) in [5, 5.41) is 6.11. The van der Waals surface area contributed by atoms with Crippen LogP contribution in [0, 0.1) is 0 Å². The van der Waals surface area contributed by atoms with Crippen LogP contribution >= 0.6 is 0 Å². The number of nitrogens with one attached hydrogen (secondary N) is 2. The summed E-state index contributed by atoms with van der Waals surface area (Å²) in [6.45, 7) is 0.554. The molecular formula is C20H21N5O4S. The first-order chi connectivity index (χ1) is 14.3. The number of hydrogen-bond donors (Lipinski definition) is 3. The van der Waals surface area contributed by atoms with Gasteiger partial charge in [-0.1, -0.05) is 30.3 Å². The Balaban J connectivity index is 1.71. The summed E-state index contributed by atoms with van der Waals surface area (Å²) in [6, 6.07) is 16.1. The van der Waals surface area contributed by atoms with E-state index >= 15 is 0 Å². The van der Waals surface area contributed by atoms with Crippen LogP contribution in [-0.4, -0.2) is 37.1 Å². The molecule has 0 atom stereocenters. The topological polar surface area (TPSA) is 136 Å². The minimum atomic E-state index is -3.59. The van der Waals surface area contributed by atoms with Gasteiger partial charge in [0.1, 0.15) is 11.6 Å². The van der Waals surface area contributed by atoms with E-state index in [0.717, 1.165) is 18.2 Å². The predicted molar refractivity (Wildman–Crippen MR) is 114 cm³/mol. The van der Waals surface area contributed by atoms with E-state index in [1.165, 1.54) is 18.3 Å². The zero-order valence-electron chi connectivity index (χ0n) is 16.2. The van der Waals surface area contributed by atoms with Crippen molar-refractivity contribution in [1.29, 1.82) is 0 Å². The highest BCUT2D eigenvalue weighted by atomic mass is 32.2. The maximum absolute atomic E-state index is 11.7. The molecule has 0 aliphatic rings. The minimum absolute atomic E-state index is 0.186. The Morgan fingerprint density at radius 2 is 1.80 bits per heavy atom. The molecule has 0 aliphatic carbocycles. The second-order valence-electron chi connectivity index (χ2n) is 6.42. The second kappa shape index (κ2) is 9.23. The van der Waals surface area contributed by atoms with Gasteiger partial charge in [-0.15, -0.1) is 0 Å². The van der Waals surface area contributed by atoms with E-state index in [9.17, 15) is 13.2 Å². The van der Waals surface area contributed by atoms with Crippen molar-refractivity contribution in [2.45, 2.75) is 6.42 Å². The number of carbonyl (C=O) groups is 1. The number of nitrogens with two attached hydrogens (primary N) is 1. The predicted octanol–water partition coefficient (Wildman–Crippen LogP) is 2.31. The average Bonchev–Trinajstić information content (AvgIpc) is 2.69. The van der Waals surface area contributed by atoms with E-state index in [2.05, 4.69) is 20.6 Å². The smallest absolute Gasteiger partial charge is 0.306 e. The highest BCUT2D eigenvalue weighted by Gasteiger charge is 2.12. The summed E-state index contributed by atoms with van der Waals surface area (Å²) in [7, 11) is -3.59. The minimum Gasteiger partial charge on any atom is -0.383 e. The molecule has 0 bridgehead atoms. The van der Waals surface area contributed by atoms with Crippen molar-refractivity contribution in [3.63, 3.8) is 0 Å². The fourth-order valence-corrected chi connectivity index (χ4v) is 3.09. The number of hydrogen-bond acceptors (Lipinski definition) is 8. The lowest BCUT2D eigenvalue weighted by atomic mass is 10.1. The van der Waals surface area contributed by atoms with Crippen LogP contribution in [-0.2, 0) is 16.5 Å². The first-order valence-electron chi connectivity index (χ1n) is 9.01. The van der Waals surface area contributed by atoms with Crippen molar-refractivity contribution >= 4 is 33.5 Å². The molecule has 9 nitrogen and oxygen atoms in total. The molecule has 10 heteroatoms. The van der Waals surface area contributed by atoms with Gasteiger partial charge in [0.15, 0.2) is 0 Å². The quantitative estimate of drug-likeness (QED) is 0.443. The summed E-state index contributed by atoms with van der Waals surface area (Å²) in [5.74, 6) is 0.134. The summed E-state index contributed by atoms with van der Waals surface area (Å²) in [5.41, 5.74) is 7.37. The van der Waals surface area contributed by atoms with Gasteiger partial charge in [-0.3, -0.25) is 4.79 Å². The van der Waals surface area contributed by atoms with Gasteiger partial charge in [-0.25, -0.2) is 4.98 Å². The van der Waals surface area contributed by atoms with Crippen molar-refractivity contribution in [2.75, 3.05) is 23.4 Å². The van der Waals surface area contributed by atoms with Gasteiger partial charge in [-0.05, 0) is 36.2 Å². The molecule has 1 heterocycles. The van der Waals surface area contributed by atoms with E-state index in [4.69, 9.17) is 9.92 Å². The molecule has 0 spiro atoms. The normalized spacial score (nSPS) is 11.0. The molecule has 3 aromatic rings. The number of benzene rings is 2. The number of rotatable bonds is 9. The maximum Gasteiger partial charge on any atom is 0.306 e. The third-order valence-corrected chi connectivity index (χ3v) is 4.46. The number of primary amides is 1. The van der Waals surface area contributed by atoms with Crippen molar-refractivity contribution in [2.24, 2.45) is 5.73 Å². The van der Waals surface area contributed by atoms with E-state index in [0.29, 0.717) is 18.1 Å². The molecule has 0 aliphatic heterocycles. The average molecular weight is 427 g/mol. The lowest BCUT2D eigenvalue weighted by molar-refractivity contribution is 0.100. The molecule has 0 saturated carbocycles. The van der Waals surface area contributed by atoms with Gasteiger partial charge < -0.3 is 20.6 Å². The lowest BCUT2D eigenvalue weighted by Crippen LogP contribution is -2.18. The number of aromatic nitrogens is 2. The van der Waals surface area contributed by atoms with Crippen LogP contribution in [0.25, 0.3) is 0 Å². The third-order valence-electron chi connectivity index (χ3n) is 3.96. The van der Waals surface area contributed by atoms with Crippen molar-refractivity contribution in [3.05, 3.63) is 71.9 Å². The summed E-state index contributed by atoms with van der Waals surface area (Å²) < 4.78 is 27.2. The van der Waals surface area contributed by atoms with Crippen LogP contribution in [0.2, 0.25) is 0 Å². The first kappa shape index (κ1) is 21.1. The van der Waals surface area contributed by atoms with E-state index in [-0.39, 0.29) is 17.3 Å². The molecule has 1 amide bonds. The summed E-state index contributed by atoms with van der Waals surface area (Å²) in [6.07, 6.45) is 3.07. The van der Waals surface area contributed by atoms with Gasteiger partial charge >= 0.3 is 10.1 Å². The molecule has 4 N–H and O–H groups in total. The van der Waals surface area contributed by atoms with E-state index < -0.39 is 16.0 Å². The molecule has 156 valence electrons. The highest BCUT2D eigenvalue weighted by Crippen LogP contribution is 2.21. The van der Waals surface area contributed by atoms with Gasteiger partial charge in [0.25, 0.3) is 5.91 Å². The van der Waals surface area contributed by atoms with Crippen molar-refractivity contribution in [1.82, 2.24) is 9.97 Å². The SMILES string of the molecule is CS(=O)(=O)Oc1ccc(Nc2ncc(C(N)=O)c(NCCc3ccccc3)n2)cc1. The van der Waals surface area contributed by atoms with E-state index in [1.54, 1.807) is 12.1 Å². The number of carbonyl (C=O) groups excluding carboxylic acids is 1. The Morgan fingerprint density at radius 3 is 2.43 bits per heavy atom. The number of nitrogens with zero attached hydrogens (tertiary/aromatic N) is 2. The van der Waals surface area contributed by atoms with Crippen LogP contribution in [0.3, 0.4) is 0 Å². The maximum atomic E-state index is 11.7. The molecule has 0 fully saturated rings. The Morgan fingerprint density at radius 1 is 1.10 bits per heavy atom. The lowest BCUT2D eigenvalue weighted by Gasteiger charge is -2.12. The van der Waals surface area contributed by atoms with Gasteiger partial charge in [0.05, 0.1) is 11.8 Å². The third kappa shape index (κ3) is 6.17. The fourth-order valence-electron chi connectivity index (χ4n) is 2.62. The zero-order valence-corrected chi connectivity index (χ0v) is 17.0. The van der Waals surface area contributed by atoms with Crippen LogP contribution in [0.15, 0.2) is 60.8 Å². The highest BCUT2D eigenvalue weighted by molar-refractivity contribution is 7.86. The molecule has 3 rings (SSSR count). The molecular weight excluding hydrogens is 406 g/mol. The van der Waals surface area contributed by atoms with Crippen molar-refractivity contribution in [3.8, 4) is 5.75 Å².